The highest BCUT2D eigenvalue weighted by Gasteiger charge is 2.04. The standard InChI is InChI=1S/C8H11NO2.C2H6/c1-3-4-5-7(9)6(2)8(10)11;1-2/h3-5H,2,9H2,1H3,(H,10,11);1-2H3/b4-3-,7-5+;. The number of hydrogen-bond donors (Lipinski definition) is 2. The summed E-state index contributed by atoms with van der Waals surface area (Å²) in [6.45, 7) is 9.09. The molecular formula is C10H17NO2. The molecule has 0 aliphatic rings. The third kappa shape index (κ3) is 6.87. The Morgan fingerprint density at radius 3 is 2.23 bits per heavy atom. The summed E-state index contributed by atoms with van der Waals surface area (Å²) < 4.78 is 0. The van der Waals surface area contributed by atoms with E-state index in [1.165, 1.54) is 6.08 Å². The second-order valence-electron chi connectivity index (χ2n) is 1.93. The second kappa shape index (κ2) is 8.59. The number of carboxylic acid groups (broad SMARTS) is 1. The lowest BCUT2D eigenvalue weighted by Gasteiger charge is -1.96. The first-order valence-electron chi connectivity index (χ1n) is 4.10. The monoisotopic (exact) mass is 183 g/mol. The van der Waals surface area contributed by atoms with Crippen molar-refractivity contribution in [2.75, 3.05) is 0 Å². The molecule has 0 amide bonds. The van der Waals surface area contributed by atoms with E-state index in [-0.39, 0.29) is 11.3 Å². The Hall–Kier alpha value is -1.51. The van der Waals surface area contributed by atoms with E-state index in [0.717, 1.165) is 0 Å². The number of nitrogens with two attached hydrogens (primary N) is 1. The van der Waals surface area contributed by atoms with E-state index in [2.05, 4.69) is 6.58 Å². The van der Waals surface area contributed by atoms with Crippen LogP contribution < -0.4 is 5.73 Å². The van der Waals surface area contributed by atoms with Crippen LogP contribution in [0.25, 0.3) is 0 Å². The molecule has 0 aliphatic heterocycles. The first-order valence-corrected chi connectivity index (χ1v) is 4.10. The van der Waals surface area contributed by atoms with Crippen LogP contribution in [0, 0.1) is 0 Å². The van der Waals surface area contributed by atoms with E-state index in [4.69, 9.17) is 10.8 Å². The maximum absolute atomic E-state index is 10.3. The van der Waals surface area contributed by atoms with Gasteiger partial charge in [0.2, 0.25) is 0 Å². The van der Waals surface area contributed by atoms with Crippen molar-refractivity contribution in [3.8, 4) is 0 Å². The molecule has 0 aromatic heterocycles. The summed E-state index contributed by atoms with van der Waals surface area (Å²) in [5.74, 6) is -1.09. The molecule has 74 valence electrons. The lowest BCUT2D eigenvalue weighted by atomic mass is 10.2. The molecule has 0 aromatic carbocycles. The normalized spacial score (nSPS) is 10.5. The molecule has 3 heteroatoms. The molecule has 0 radical (unpaired) electrons. The quantitative estimate of drug-likeness (QED) is 0.520. The van der Waals surface area contributed by atoms with Crippen molar-refractivity contribution in [3.05, 3.63) is 36.1 Å². The van der Waals surface area contributed by atoms with Gasteiger partial charge in [0.05, 0.1) is 5.57 Å². The minimum Gasteiger partial charge on any atom is -0.478 e. The number of carboxylic acids is 1. The average molecular weight is 183 g/mol. The SMILES string of the molecule is C=C(C(=O)O)/C(N)=C\C=C/C.CC. The zero-order chi connectivity index (χ0) is 10.9. The van der Waals surface area contributed by atoms with E-state index in [9.17, 15) is 4.79 Å². The van der Waals surface area contributed by atoms with Crippen LogP contribution in [-0.4, -0.2) is 11.1 Å². The van der Waals surface area contributed by atoms with Gasteiger partial charge >= 0.3 is 5.97 Å². The fourth-order valence-electron chi connectivity index (χ4n) is 0.424. The van der Waals surface area contributed by atoms with Gasteiger partial charge in [-0.15, -0.1) is 0 Å². The minimum absolute atomic E-state index is 0.0805. The average Bonchev–Trinajstić information content (AvgIpc) is 2.16. The van der Waals surface area contributed by atoms with Gasteiger partial charge in [-0.05, 0) is 13.0 Å². The van der Waals surface area contributed by atoms with Crippen molar-refractivity contribution in [2.45, 2.75) is 20.8 Å². The van der Waals surface area contributed by atoms with Crippen LogP contribution >= 0.6 is 0 Å². The topological polar surface area (TPSA) is 63.3 Å². The van der Waals surface area contributed by atoms with Crippen molar-refractivity contribution in [1.29, 1.82) is 0 Å². The molecule has 0 atom stereocenters. The Bertz CT molecular complexity index is 227. The fraction of sp³-hybridized carbons (Fsp3) is 0.300. The van der Waals surface area contributed by atoms with Gasteiger partial charge in [0.25, 0.3) is 0 Å². The molecular weight excluding hydrogens is 166 g/mol. The molecule has 3 nitrogen and oxygen atoms in total. The lowest BCUT2D eigenvalue weighted by molar-refractivity contribution is -0.132. The smallest absolute Gasteiger partial charge is 0.337 e. The highest BCUT2D eigenvalue weighted by Crippen LogP contribution is 2.00. The Labute approximate surface area is 79.3 Å². The number of carbonyl (C=O) groups is 1. The predicted octanol–water partition coefficient (Wildman–Crippen LogP) is 2.07. The van der Waals surface area contributed by atoms with Gasteiger partial charge in [0.15, 0.2) is 0 Å². The van der Waals surface area contributed by atoms with Gasteiger partial charge in [-0.25, -0.2) is 4.79 Å². The van der Waals surface area contributed by atoms with Crippen LogP contribution in [-0.2, 0) is 4.79 Å². The largest absolute Gasteiger partial charge is 0.478 e. The summed E-state index contributed by atoms with van der Waals surface area (Å²) in [6, 6.07) is 0. The van der Waals surface area contributed by atoms with Gasteiger partial charge in [0, 0.05) is 5.70 Å². The summed E-state index contributed by atoms with van der Waals surface area (Å²) in [6.07, 6.45) is 4.90. The predicted molar refractivity (Wildman–Crippen MR) is 55.2 cm³/mol. The molecule has 0 spiro atoms. The van der Waals surface area contributed by atoms with Crippen LogP contribution in [0.15, 0.2) is 36.1 Å². The van der Waals surface area contributed by atoms with Crippen LogP contribution in [0.5, 0.6) is 0 Å². The third-order valence-electron chi connectivity index (χ3n) is 1.07. The molecule has 3 N–H and O–H groups in total. The van der Waals surface area contributed by atoms with E-state index in [0.29, 0.717) is 0 Å². The van der Waals surface area contributed by atoms with Crippen molar-refractivity contribution in [1.82, 2.24) is 0 Å². The zero-order valence-electron chi connectivity index (χ0n) is 8.37. The molecule has 0 aliphatic carbocycles. The number of rotatable bonds is 3. The summed E-state index contributed by atoms with van der Waals surface area (Å²) in [5.41, 5.74) is 5.43. The van der Waals surface area contributed by atoms with Gasteiger partial charge in [-0.3, -0.25) is 0 Å². The Balaban J connectivity index is 0. The van der Waals surface area contributed by atoms with Crippen LogP contribution in [0.4, 0.5) is 0 Å². The maximum Gasteiger partial charge on any atom is 0.337 e. The molecule has 0 saturated heterocycles. The summed E-state index contributed by atoms with van der Waals surface area (Å²) in [4.78, 5) is 10.3. The zero-order valence-corrected chi connectivity index (χ0v) is 8.37. The number of hydrogen-bond acceptors (Lipinski definition) is 2. The van der Waals surface area contributed by atoms with Crippen LogP contribution in [0.2, 0.25) is 0 Å². The van der Waals surface area contributed by atoms with Crippen molar-refractivity contribution in [2.24, 2.45) is 5.73 Å². The van der Waals surface area contributed by atoms with Crippen molar-refractivity contribution in [3.63, 3.8) is 0 Å². The van der Waals surface area contributed by atoms with Crippen molar-refractivity contribution < 1.29 is 9.90 Å². The summed E-state index contributed by atoms with van der Waals surface area (Å²) in [7, 11) is 0. The Morgan fingerprint density at radius 1 is 1.46 bits per heavy atom. The molecule has 13 heavy (non-hydrogen) atoms. The van der Waals surface area contributed by atoms with Crippen molar-refractivity contribution >= 4 is 5.97 Å². The molecule has 0 unspecified atom stereocenters. The first kappa shape index (κ1) is 14.0. The Kier molecular flexibility index (Phi) is 9.27. The summed E-state index contributed by atoms with van der Waals surface area (Å²) >= 11 is 0. The molecule has 0 fully saturated rings. The fourth-order valence-corrected chi connectivity index (χ4v) is 0.424. The highest BCUT2D eigenvalue weighted by atomic mass is 16.4. The lowest BCUT2D eigenvalue weighted by Crippen LogP contribution is -2.08. The Morgan fingerprint density at radius 2 is 1.92 bits per heavy atom. The van der Waals surface area contributed by atoms with Gasteiger partial charge in [-0.2, -0.15) is 0 Å². The maximum atomic E-state index is 10.3. The number of aliphatic carboxylic acids is 1. The van der Waals surface area contributed by atoms with Crippen LogP contribution in [0.1, 0.15) is 20.8 Å². The molecule has 0 aromatic rings. The van der Waals surface area contributed by atoms with Gasteiger partial charge in [0.1, 0.15) is 0 Å². The first-order chi connectivity index (χ1) is 6.09. The van der Waals surface area contributed by atoms with E-state index in [1.54, 1.807) is 12.2 Å². The highest BCUT2D eigenvalue weighted by molar-refractivity contribution is 5.90. The second-order valence-corrected chi connectivity index (χ2v) is 1.93. The molecule has 0 heterocycles. The minimum atomic E-state index is -1.09. The van der Waals surface area contributed by atoms with Crippen LogP contribution in [0.3, 0.4) is 0 Å². The molecule has 0 saturated carbocycles. The molecule has 0 bridgehead atoms. The van der Waals surface area contributed by atoms with E-state index < -0.39 is 5.97 Å². The summed E-state index contributed by atoms with van der Waals surface area (Å²) in [5, 5.41) is 8.41. The van der Waals surface area contributed by atoms with Gasteiger partial charge < -0.3 is 10.8 Å². The van der Waals surface area contributed by atoms with E-state index in [1.807, 2.05) is 20.8 Å². The van der Waals surface area contributed by atoms with Gasteiger partial charge in [-0.1, -0.05) is 32.6 Å². The van der Waals surface area contributed by atoms with E-state index >= 15 is 0 Å². The third-order valence-corrected chi connectivity index (χ3v) is 1.07. The number of allylic oxidation sites excluding steroid dienone is 3. The molecule has 0 rings (SSSR count).